The Hall–Kier alpha value is -2.81. The van der Waals surface area contributed by atoms with Crippen LogP contribution < -0.4 is 15.5 Å². The van der Waals surface area contributed by atoms with E-state index >= 15 is 0 Å². The van der Waals surface area contributed by atoms with Crippen molar-refractivity contribution in [3.63, 3.8) is 0 Å². The van der Waals surface area contributed by atoms with Gasteiger partial charge in [0, 0.05) is 15.6 Å². The second-order valence-electron chi connectivity index (χ2n) is 5.95. The van der Waals surface area contributed by atoms with Crippen molar-refractivity contribution in [3.8, 4) is 0 Å². The Morgan fingerprint density at radius 2 is 1.85 bits per heavy atom. The molecule has 0 saturated carbocycles. The molecular formula is C17H10BrF2N3O3. The van der Waals surface area contributed by atoms with Gasteiger partial charge >= 0.3 is 6.03 Å². The van der Waals surface area contributed by atoms with E-state index in [-0.39, 0.29) is 23.4 Å². The molecule has 2 aromatic carbocycles. The van der Waals surface area contributed by atoms with Crippen LogP contribution in [0.25, 0.3) is 0 Å². The maximum Gasteiger partial charge on any atom is 0.323 e. The van der Waals surface area contributed by atoms with Gasteiger partial charge in [0.2, 0.25) is 5.54 Å². The normalized spacial score (nSPS) is 21.2. The zero-order valence-corrected chi connectivity index (χ0v) is 14.6. The van der Waals surface area contributed by atoms with Crippen LogP contribution in [0.5, 0.6) is 0 Å². The van der Waals surface area contributed by atoms with Gasteiger partial charge in [-0.1, -0.05) is 22.0 Å². The van der Waals surface area contributed by atoms with E-state index in [4.69, 9.17) is 0 Å². The third-order valence-corrected chi connectivity index (χ3v) is 4.92. The van der Waals surface area contributed by atoms with Gasteiger partial charge in [-0.3, -0.25) is 14.9 Å². The zero-order chi connectivity index (χ0) is 18.6. The second-order valence-corrected chi connectivity index (χ2v) is 6.86. The van der Waals surface area contributed by atoms with Crippen molar-refractivity contribution in [2.75, 3.05) is 4.90 Å². The lowest BCUT2D eigenvalue weighted by atomic mass is 9.91. The number of rotatable bonds is 2. The van der Waals surface area contributed by atoms with Crippen LogP contribution in [-0.2, 0) is 21.7 Å². The first-order valence-electron chi connectivity index (χ1n) is 7.52. The van der Waals surface area contributed by atoms with E-state index in [1.807, 2.05) is 5.32 Å². The summed E-state index contributed by atoms with van der Waals surface area (Å²) in [6, 6.07) is 6.99. The molecule has 26 heavy (non-hydrogen) atoms. The van der Waals surface area contributed by atoms with E-state index in [1.54, 1.807) is 6.07 Å². The Bertz CT molecular complexity index is 997. The number of amides is 4. The van der Waals surface area contributed by atoms with Crippen molar-refractivity contribution in [1.29, 1.82) is 0 Å². The minimum absolute atomic E-state index is 0.0170. The molecule has 0 bridgehead atoms. The van der Waals surface area contributed by atoms with Gasteiger partial charge in [0.25, 0.3) is 11.8 Å². The molecular weight excluding hydrogens is 412 g/mol. The molecule has 4 rings (SSSR count). The quantitative estimate of drug-likeness (QED) is 0.576. The molecule has 2 aliphatic heterocycles. The van der Waals surface area contributed by atoms with Crippen LogP contribution in [0.2, 0.25) is 0 Å². The fourth-order valence-corrected chi connectivity index (χ4v) is 3.58. The van der Waals surface area contributed by atoms with Gasteiger partial charge in [0.15, 0.2) is 0 Å². The number of benzene rings is 2. The summed E-state index contributed by atoms with van der Waals surface area (Å²) in [4.78, 5) is 38.2. The smallest absolute Gasteiger partial charge is 0.312 e. The number of halogens is 3. The molecule has 1 spiro atoms. The highest BCUT2D eigenvalue weighted by molar-refractivity contribution is 9.10. The average Bonchev–Trinajstić information content (AvgIpc) is 2.99. The molecule has 132 valence electrons. The van der Waals surface area contributed by atoms with Crippen LogP contribution in [0.4, 0.5) is 19.3 Å². The van der Waals surface area contributed by atoms with Gasteiger partial charge in [0.05, 0.1) is 12.2 Å². The molecule has 0 radical (unpaired) electrons. The number of fused-ring (bicyclic) bond motifs is 2. The van der Waals surface area contributed by atoms with Crippen molar-refractivity contribution >= 4 is 39.5 Å². The van der Waals surface area contributed by atoms with Gasteiger partial charge in [0.1, 0.15) is 11.6 Å². The number of nitrogens with one attached hydrogen (secondary N) is 2. The molecule has 4 amide bonds. The summed E-state index contributed by atoms with van der Waals surface area (Å²) < 4.78 is 28.5. The van der Waals surface area contributed by atoms with E-state index in [2.05, 4.69) is 21.2 Å². The molecule has 0 aromatic heterocycles. The predicted octanol–water partition coefficient (Wildman–Crippen LogP) is 2.31. The Labute approximate surface area is 154 Å². The topological polar surface area (TPSA) is 78.5 Å². The van der Waals surface area contributed by atoms with Crippen LogP contribution in [-0.4, -0.2) is 17.8 Å². The summed E-state index contributed by atoms with van der Waals surface area (Å²) in [5.41, 5.74) is -1.58. The maximum atomic E-state index is 14.2. The molecule has 1 saturated heterocycles. The third-order valence-electron chi connectivity index (χ3n) is 4.43. The second kappa shape index (κ2) is 5.60. The van der Waals surface area contributed by atoms with Crippen molar-refractivity contribution in [2.45, 2.75) is 12.1 Å². The van der Waals surface area contributed by atoms with Gasteiger partial charge < -0.3 is 10.2 Å². The number of carbonyl (C=O) groups excluding carboxylic acids is 3. The van der Waals surface area contributed by atoms with Crippen LogP contribution in [0.3, 0.4) is 0 Å². The molecule has 1 atom stereocenters. The van der Waals surface area contributed by atoms with Gasteiger partial charge in [-0.25, -0.2) is 13.6 Å². The Balaban J connectivity index is 1.84. The van der Waals surface area contributed by atoms with Crippen molar-refractivity contribution in [1.82, 2.24) is 10.6 Å². The van der Waals surface area contributed by atoms with E-state index in [1.165, 1.54) is 18.2 Å². The fraction of sp³-hybridized carbons (Fsp3) is 0.118. The SMILES string of the molecule is O=C1NC(=O)C2(N1)C(=O)N(Cc1ccc(Br)cc1F)c1ccc(F)cc12. The van der Waals surface area contributed by atoms with Crippen LogP contribution >= 0.6 is 15.9 Å². The molecule has 0 aliphatic carbocycles. The van der Waals surface area contributed by atoms with E-state index < -0.39 is 35.0 Å². The van der Waals surface area contributed by atoms with Crippen LogP contribution in [0.15, 0.2) is 40.9 Å². The number of anilines is 1. The summed E-state index contributed by atoms with van der Waals surface area (Å²) in [5.74, 6) is -2.87. The highest BCUT2D eigenvalue weighted by Crippen LogP contribution is 2.43. The van der Waals surface area contributed by atoms with Crippen molar-refractivity contribution < 1.29 is 23.2 Å². The molecule has 2 heterocycles. The number of carbonyl (C=O) groups is 3. The largest absolute Gasteiger partial charge is 0.323 e. The summed E-state index contributed by atoms with van der Waals surface area (Å²) >= 11 is 3.16. The Morgan fingerprint density at radius 1 is 1.08 bits per heavy atom. The number of hydrogen-bond acceptors (Lipinski definition) is 3. The lowest BCUT2D eigenvalue weighted by Gasteiger charge is -2.21. The zero-order valence-electron chi connectivity index (χ0n) is 13.0. The number of nitrogens with zero attached hydrogens (tertiary/aromatic N) is 1. The first kappa shape index (κ1) is 16.6. The summed E-state index contributed by atoms with van der Waals surface area (Å²) in [5, 5.41) is 4.30. The number of urea groups is 1. The maximum absolute atomic E-state index is 14.2. The minimum Gasteiger partial charge on any atom is -0.312 e. The molecule has 2 aliphatic rings. The number of hydrogen-bond donors (Lipinski definition) is 2. The first-order chi connectivity index (χ1) is 12.3. The predicted molar refractivity (Wildman–Crippen MR) is 90.0 cm³/mol. The van der Waals surface area contributed by atoms with Crippen molar-refractivity contribution in [2.24, 2.45) is 0 Å². The van der Waals surface area contributed by atoms with E-state index in [0.717, 1.165) is 17.0 Å². The van der Waals surface area contributed by atoms with E-state index in [0.29, 0.717) is 4.47 Å². The highest BCUT2D eigenvalue weighted by Gasteiger charge is 2.61. The standard InChI is InChI=1S/C17H10BrF2N3O3/c18-9-2-1-8(12(20)5-9)7-23-13-4-3-10(19)6-11(13)17(15(23)25)14(24)21-16(26)22-17/h1-6H,7H2,(H2,21,22,24,26). The fourth-order valence-electron chi connectivity index (χ4n) is 3.24. The lowest BCUT2D eigenvalue weighted by Crippen LogP contribution is -2.52. The number of imide groups is 1. The van der Waals surface area contributed by atoms with Crippen LogP contribution in [0, 0.1) is 11.6 Å². The van der Waals surface area contributed by atoms with Gasteiger partial charge in [-0.05, 0) is 30.3 Å². The Morgan fingerprint density at radius 3 is 2.50 bits per heavy atom. The lowest BCUT2D eigenvalue weighted by molar-refractivity contribution is -0.134. The highest BCUT2D eigenvalue weighted by atomic mass is 79.9. The first-order valence-corrected chi connectivity index (χ1v) is 8.32. The Kier molecular flexibility index (Phi) is 3.58. The molecule has 9 heteroatoms. The third kappa shape index (κ3) is 2.23. The average molecular weight is 422 g/mol. The molecule has 1 fully saturated rings. The molecule has 1 unspecified atom stereocenters. The van der Waals surface area contributed by atoms with Crippen molar-refractivity contribution in [3.05, 3.63) is 63.6 Å². The van der Waals surface area contributed by atoms with E-state index in [9.17, 15) is 23.2 Å². The monoisotopic (exact) mass is 421 g/mol. The summed E-state index contributed by atoms with van der Waals surface area (Å²) in [6.07, 6.45) is 0. The minimum atomic E-state index is -2.04. The van der Waals surface area contributed by atoms with Gasteiger partial charge in [-0.15, -0.1) is 0 Å². The molecule has 2 N–H and O–H groups in total. The molecule has 2 aromatic rings. The van der Waals surface area contributed by atoms with Crippen LogP contribution in [0.1, 0.15) is 11.1 Å². The summed E-state index contributed by atoms with van der Waals surface area (Å²) in [6.45, 7) is -0.179. The van der Waals surface area contributed by atoms with Gasteiger partial charge in [-0.2, -0.15) is 0 Å². The summed E-state index contributed by atoms with van der Waals surface area (Å²) in [7, 11) is 0. The molecule has 6 nitrogen and oxygen atoms in total.